The minimum absolute atomic E-state index is 0.0478. The second kappa shape index (κ2) is 12.7. The fraction of sp³-hybridized carbons (Fsp3) is 0.125. The van der Waals surface area contributed by atoms with Gasteiger partial charge in [0, 0.05) is 23.3 Å². The van der Waals surface area contributed by atoms with Gasteiger partial charge < -0.3 is 4.74 Å². The molecule has 0 aromatic heterocycles. The molecule has 0 N–H and O–H groups in total. The van der Waals surface area contributed by atoms with E-state index >= 15 is 0 Å². The van der Waals surface area contributed by atoms with Crippen LogP contribution < -0.4 is 4.74 Å². The Morgan fingerprint density at radius 2 is 1.30 bits per heavy atom. The molecule has 0 unspecified atom stereocenters. The largest absolute Gasteiger partial charge is 0.432 e. The lowest BCUT2D eigenvalue weighted by atomic mass is 9.99. The van der Waals surface area contributed by atoms with E-state index in [2.05, 4.69) is 10.7 Å². The number of aryl methyl sites for hydroxylation is 1. The van der Waals surface area contributed by atoms with Crippen LogP contribution in [0, 0.1) is 58.4 Å². The molecule has 0 atom stereocenters. The second-order valence-electron chi connectivity index (χ2n) is 9.12. The summed E-state index contributed by atoms with van der Waals surface area (Å²) in [6.07, 6.45) is 0.157. The van der Waals surface area contributed by atoms with Crippen LogP contribution in [0.3, 0.4) is 0 Å². The van der Waals surface area contributed by atoms with Gasteiger partial charge in [0.15, 0.2) is 17.5 Å². The lowest BCUT2D eigenvalue weighted by Gasteiger charge is -2.19. The fourth-order valence-electron chi connectivity index (χ4n) is 4.06. The van der Waals surface area contributed by atoms with Crippen molar-refractivity contribution in [1.29, 1.82) is 0 Å². The topological polar surface area (TPSA) is 9.23 Å². The second-order valence-corrected chi connectivity index (χ2v) is 9.12. The SMILES string of the molecule is C/C=C/CCc1ccc(-c2cc(F)c(C#Cc3cc(F)c(C(F)(F)Oc4cc(F)c(F)c(F)c4)c(F)c3)c(F)c2)c(F)c1. The molecule has 222 valence electrons. The first kappa shape index (κ1) is 31.2. The van der Waals surface area contributed by atoms with E-state index in [0.29, 0.717) is 30.5 Å². The van der Waals surface area contributed by atoms with Crippen molar-refractivity contribution in [1.82, 2.24) is 0 Å². The lowest BCUT2D eigenvalue weighted by Crippen LogP contribution is -2.25. The minimum atomic E-state index is -4.83. The molecule has 0 aliphatic carbocycles. The highest BCUT2D eigenvalue weighted by Gasteiger charge is 2.41. The van der Waals surface area contributed by atoms with Gasteiger partial charge >= 0.3 is 6.11 Å². The molecule has 0 spiro atoms. The maximum atomic E-state index is 14.8. The zero-order valence-corrected chi connectivity index (χ0v) is 22.0. The summed E-state index contributed by atoms with van der Waals surface area (Å²) in [5.41, 5.74) is -2.97. The third-order valence-corrected chi connectivity index (χ3v) is 6.09. The van der Waals surface area contributed by atoms with Gasteiger partial charge in [-0.2, -0.15) is 8.78 Å². The minimum Gasteiger partial charge on any atom is -0.429 e. The average Bonchev–Trinajstić information content (AvgIpc) is 2.90. The van der Waals surface area contributed by atoms with Gasteiger partial charge in [-0.25, -0.2) is 35.1 Å². The van der Waals surface area contributed by atoms with Crippen molar-refractivity contribution in [3.05, 3.63) is 136 Å². The summed E-state index contributed by atoms with van der Waals surface area (Å²) < 4.78 is 146. The van der Waals surface area contributed by atoms with E-state index in [-0.39, 0.29) is 23.3 Å². The zero-order chi connectivity index (χ0) is 31.5. The summed E-state index contributed by atoms with van der Waals surface area (Å²) in [6, 6.07) is 6.58. The molecule has 4 aromatic rings. The van der Waals surface area contributed by atoms with Crippen molar-refractivity contribution in [3.8, 4) is 28.7 Å². The van der Waals surface area contributed by atoms with E-state index in [4.69, 9.17) is 0 Å². The predicted octanol–water partition coefficient (Wildman–Crippen LogP) is 9.50. The molecular weight excluding hydrogens is 590 g/mol. The molecular formula is C32H18F10O. The highest BCUT2D eigenvalue weighted by Crippen LogP contribution is 2.36. The third-order valence-electron chi connectivity index (χ3n) is 6.09. The molecule has 4 rings (SSSR count). The quantitative estimate of drug-likeness (QED) is 0.0879. The fourth-order valence-corrected chi connectivity index (χ4v) is 4.06. The number of halogens is 10. The Morgan fingerprint density at radius 1 is 0.698 bits per heavy atom. The van der Waals surface area contributed by atoms with E-state index < -0.39 is 75.1 Å². The van der Waals surface area contributed by atoms with Crippen molar-refractivity contribution < 1.29 is 48.6 Å². The van der Waals surface area contributed by atoms with E-state index in [1.54, 1.807) is 6.07 Å². The Hall–Kier alpha value is -4.72. The lowest BCUT2D eigenvalue weighted by molar-refractivity contribution is -0.189. The summed E-state index contributed by atoms with van der Waals surface area (Å²) >= 11 is 0. The standard InChI is InChI=1S/C32H18F10O/c1-2-3-4-5-17-6-8-21(23(33)10-17)19-13-24(34)22(25(35)14-19)9-7-18-11-26(36)30(27(37)12-18)32(41,42)43-20-15-28(38)31(40)29(39)16-20/h2-3,6,8,10-16H,4-5H2,1H3/b3-2+. The molecule has 11 heteroatoms. The monoisotopic (exact) mass is 608 g/mol. The molecule has 0 aliphatic heterocycles. The zero-order valence-electron chi connectivity index (χ0n) is 22.0. The molecule has 4 aromatic carbocycles. The maximum absolute atomic E-state index is 14.8. The maximum Gasteiger partial charge on any atom is 0.432 e. The van der Waals surface area contributed by atoms with Crippen molar-refractivity contribution in [2.75, 3.05) is 0 Å². The van der Waals surface area contributed by atoms with E-state index in [1.807, 2.05) is 25.0 Å². The molecule has 0 saturated heterocycles. The van der Waals surface area contributed by atoms with E-state index in [9.17, 15) is 43.9 Å². The normalized spacial score (nSPS) is 11.5. The van der Waals surface area contributed by atoms with E-state index in [0.717, 1.165) is 12.1 Å². The van der Waals surface area contributed by atoms with Crippen LogP contribution in [0.2, 0.25) is 0 Å². The van der Waals surface area contributed by atoms with Crippen LogP contribution in [0.25, 0.3) is 11.1 Å². The molecule has 43 heavy (non-hydrogen) atoms. The molecule has 0 saturated carbocycles. The van der Waals surface area contributed by atoms with Crippen LogP contribution in [0.5, 0.6) is 5.75 Å². The Kier molecular flexibility index (Phi) is 9.19. The highest BCUT2D eigenvalue weighted by atomic mass is 19.3. The van der Waals surface area contributed by atoms with Crippen LogP contribution in [0.1, 0.15) is 35.6 Å². The third kappa shape index (κ3) is 7.02. The Labute approximate surface area is 239 Å². The van der Waals surface area contributed by atoms with Gasteiger partial charge in [0.1, 0.15) is 40.4 Å². The predicted molar refractivity (Wildman–Crippen MR) is 138 cm³/mol. The summed E-state index contributed by atoms with van der Waals surface area (Å²) in [7, 11) is 0. The van der Waals surface area contributed by atoms with Gasteiger partial charge in [0.2, 0.25) is 0 Å². The molecule has 0 heterocycles. The first-order chi connectivity index (χ1) is 20.3. The van der Waals surface area contributed by atoms with Gasteiger partial charge in [0.05, 0.1) is 5.56 Å². The van der Waals surface area contributed by atoms with Crippen LogP contribution in [-0.2, 0) is 12.5 Å². The van der Waals surface area contributed by atoms with Gasteiger partial charge in [-0.15, -0.1) is 0 Å². The summed E-state index contributed by atoms with van der Waals surface area (Å²) in [4.78, 5) is 0. The van der Waals surface area contributed by atoms with Crippen LogP contribution in [0.4, 0.5) is 43.9 Å². The van der Waals surface area contributed by atoms with Crippen LogP contribution in [-0.4, -0.2) is 0 Å². The number of rotatable bonds is 7. The first-order valence-electron chi connectivity index (χ1n) is 12.4. The Balaban J connectivity index is 1.59. The Bertz CT molecular complexity index is 1710. The molecule has 0 bridgehead atoms. The van der Waals surface area contributed by atoms with Gasteiger partial charge in [-0.3, -0.25) is 0 Å². The smallest absolute Gasteiger partial charge is 0.429 e. The number of allylic oxidation sites excluding steroid dienone is 2. The van der Waals surface area contributed by atoms with Crippen molar-refractivity contribution in [2.24, 2.45) is 0 Å². The van der Waals surface area contributed by atoms with Crippen molar-refractivity contribution >= 4 is 0 Å². The summed E-state index contributed by atoms with van der Waals surface area (Å²) in [5, 5.41) is 0. The number of ether oxygens (including phenoxy) is 1. The summed E-state index contributed by atoms with van der Waals surface area (Å²) in [5.74, 6) is -9.93. The molecule has 0 fully saturated rings. The number of hydrogen-bond acceptors (Lipinski definition) is 1. The molecule has 1 nitrogen and oxygen atoms in total. The Morgan fingerprint density at radius 3 is 1.86 bits per heavy atom. The number of benzene rings is 4. The average molecular weight is 608 g/mol. The van der Waals surface area contributed by atoms with Crippen LogP contribution >= 0.6 is 0 Å². The number of alkyl halides is 2. The first-order valence-corrected chi connectivity index (χ1v) is 12.4. The molecule has 0 radical (unpaired) electrons. The summed E-state index contributed by atoms with van der Waals surface area (Å²) in [6.45, 7) is 1.85. The van der Waals surface area contributed by atoms with E-state index in [1.165, 1.54) is 12.1 Å². The van der Waals surface area contributed by atoms with Crippen molar-refractivity contribution in [2.45, 2.75) is 25.9 Å². The van der Waals surface area contributed by atoms with Gasteiger partial charge in [-0.05, 0) is 61.2 Å². The number of hydrogen-bond donors (Lipinski definition) is 0. The molecule has 0 amide bonds. The van der Waals surface area contributed by atoms with Crippen LogP contribution in [0.15, 0.2) is 66.7 Å². The van der Waals surface area contributed by atoms with Gasteiger partial charge in [0.25, 0.3) is 0 Å². The molecule has 0 aliphatic rings. The van der Waals surface area contributed by atoms with Gasteiger partial charge in [-0.1, -0.05) is 36.1 Å². The van der Waals surface area contributed by atoms with Crippen molar-refractivity contribution in [3.63, 3.8) is 0 Å². The highest BCUT2D eigenvalue weighted by molar-refractivity contribution is 5.66.